The molecule has 0 amide bonds. The van der Waals surface area contributed by atoms with Gasteiger partial charge in [0.1, 0.15) is 5.75 Å². The van der Waals surface area contributed by atoms with Crippen molar-refractivity contribution in [2.75, 3.05) is 6.61 Å². The molecule has 0 aliphatic rings. The van der Waals surface area contributed by atoms with Crippen molar-refractivity contribution in [3.05, 3.63) is 28.8 Å². The molecular weight excluding hydrogens is 248 g/mol. The van der Waals surface area contributed by atoms with Gasteiger partial charge in [-0.2, -0.15) is 5.26 Å². The van der Waals surface area contributed by atoms with Gasteiger partial charge in [-0.15, -0.1) is 0 Å². The van der Waals surface area contributed by atoms with Crippen molar-refractivity contribution in [1.82, 2.24) is 0 Å². The molecule has 0 heterocycles. The summed E-state index contributed by atoms with van der Waals surface area (Å²) in [5.74, 6) is 0.634. The number of nitrogens with zero attached hydrogens (tertiary/aromatic N) is 1. The van der Waals surface area contributed by atoms with Crippen LogP contribution < -0.4 is 10.5 Å². The number of nitriles is 1. The zero-order valence-corrected chi connectivity index (χ0v) is 11.8. The average molecular weight is 267 g/mol. The minimum absolute atomic E-state index is 0.0472. The molecule has 4 heteroatoms. The number of nitrogens with two attached hydrogens (primary N) is 1. The van der Waals surface area contributed by atoms with Gasteiger partial charge in [-0.05, 0) is 44.9 Å². The summed E-state index contributed by atoms with van der Waals surface area (Å²) in [7, 11) is 0. The van der Waals surface area contributed by atoms with E-state index in [1.54, 1.807) is 0 Å². The molecule has 0 unspecified atom stereocenters. The summed E-state index contributed by atoms with van der Waals surface area (Å²) in [6.45, 7) is 6.15. The Kier molecular flexibility index (Phi) is 5.01. The monoisotopic (exact) mass is 266 g/mol. The van der Waals surface area contributed by atoms with Crippen molar-refractivity contribution in [2.45, 2.75) is 33.2 Å². The number of benzene rings is 1. The Morgan fingerprint density at radius 1 is 1.50 bits per heavy atom. The molecule has 0 saturated carbocycles. The Morgan fingerprint density at radius 3 is 2.67 bits per heavy atom. The third-order valence-electron chi connectivity index (χ3n) is 2.77. The van der Waals surface area contributed by atoms with Crippen molar-refractivity contribution < 1.29 is 4.74 Å². The smallest absolute Gasteiger partial charge is 0.137 e. The Hall–Kier alpha value is -1.24. The van der Waals surface area contributed by atoms with Gasteiger partial charge in [-0.25, -0.2) is 0 Å². The Balaban J connectivity index is 2.62. The molecule has 1 aromatic carbocycles. The van der Waals surface area contributed by atoms with Crippen molar-refractivity contribution >= 4 is 11.6 Å². The van der Waals surface area contributed by atoms with Gasteiger partial charge in [0.15, 0.2) is 0 Å². The van der Waals surface area contributed by atoms with Crippen LogP contribution in [0.3, 0.4) is 0 Å². The molecule has 2 N–H and O–H groups in total. The van der Waals surface area contributed by atoms with Gasteiger partial charge >= 0.3 is 0 Å². The fraction of sp³-hybridized carbons (Fsp3) is 0.500. The number of hydrogen-bond acceptors (Lipinski definition) is 3. The maximum atomic E-state index is 8.90. The van der Waals surface area contributed by atoms with Crippen LogP contribution in [0, 0.1) is 16.7 Å². The van der Waals surface area contributed by atoms with Crippen LogP contribution in [0.25, 0.3) is 0 Å². The van der Waals surface area contributed by atoms with Crippen LogP contribution in [0.15, 0.2) is 18.2 Å². The van der Waals surface area contributed by atoms with E-state index in [-0.39, 0.29) is 11.5 Å². The summed E-state index contributed by atoms with van der Waals surface area (Å²) < 4.78 is 5.59. The van der Waals surface area contributed by atoms with Gasteiger partial charge in [0, 0.05) is 6.04 Å². The Morgan fingerprint density at radius 2 is 2.17 bits per heavy atom. The predicted octanol–water partition coefficient (Wildman–Crippen LogP) is 3.68. The van der Waals surface area contributed by atoms with E-state index in [0.717, 1.165) is 5.56 Å². The summed E-state index contributed by atoms with van der Waals surface area (Å²) >= 11 is 6.11. The van der Waals surface area contributed by atoms with Crippen LogP contribution in [0.1, 0.15) is 38.8 Å². The first kappa shape index (κ1) is 14.8. The predicted molar refractivity (Wildman–Crippen MR) is 73.6 cm³/mol. The lowest BCUT2D eigenvalue weighted by molar-refractivity contribution is 0.264. The topological polar surface area (TPSA) is 59.0 Å². The lowest BCUT2D eigenvalue weighted by Crippen LogP contribution is -2.13. The van der Waals surface area contributed by atoms with E-state index in [9.17, 15) is 0 Å². The first-order valence-electron chi connectivity index (χ1n) is 5.95. The largest absolute Gasteiger partial charge is 0.492 e. The van der Waals surface area contributed by atoms with E-state index < -0.39 is 0 Å². The highest BCUT2D eigenvalue weighted by Gasteiger charge is 2.16. The zero-order valence-electron chi connectivity index (χ0n) is 11.0. The van der Waals surface area contributed by atoms with E-state index >= 15 is 0 Å². The van der Waals surface area contributed by atoms with Crippen LogP contribution in [0.5, 0.6) is 5.75 Å². The van der Waals surface area contributed by atoms with Crippen LogP contribution in [-0.4, -0.2) is 6.61 Å². The molecule has 98 valence electrons. The molecule has 0 spiro atoms. The number of hydrogen-bond donors (Lipinski definition) is 1. The third kappa shape index (κ3) is 4.21. The molecule has 1 rings (SSSR count). The molecule has 18 heavy (non-hydrogen) atoms. The van der Waals surface area contributed by atoms with E-state index in [1.807, 2.05) is 39.0 Å². The maximum Gasteiger partial charge on any atom is 0.137 e. The van der Waals surface area contributed by atoms with Crippen molar-refractivity contribution in [1.29, 1.82) is 5.26 Å². The van der Waals surface area contributed by atoms with Gasteiger partial charge in [0.25, 0.3) is 0 Å². The van der Waals surface area contributed by atoms with Gasteiger partial charge in [-0.3, -0.25) is 0 Å². The molecule has 0 aromatic heterocycles. The van der Waals surface area contributed by atoms with Gasteiger partial charge in [0.2, 0.25) is 0 Å². The highest BCUT2D eigenvalue weighted by molar-refractivity contribution is 6.32. The number of halogens is 1. The molecular formula is C14H19ClN2O. The summed E-state index contributed by atoms with van der Waals surface area (Å²) in [4.78, 5) is 0. The van der Waals surface area contributed by atoms with Crippen LogP contribution >= 0.6 is 11.6 Å². The van der Waals surface area contributed by atoms with Gasteiger partial charge < -0.3 is 10.5 Å². The maximum absolute atomic E-state index is 8.90. The van der Waals surface area contributed by atoms with Crippen molar-refractivity contribution in [3.63, 3.8) is 0 Å². The second-order valence-corrected chi connectivity index (χ2v) is 5.48. The van der Waals surface area contributed by atoms with E-state index in [4.69, 9.17) is 27.3 Å². The number of rotatable bonds is 5. The normalized spacial score (nSPS) is 12.9. The molecule has 1 atom stereocenters. The summed E-state index contributed by atoms with van der Waals surface area (Å²) in [5.41, 5.74) is 6.37. The molecule has 0 bridgehead atoms. The quantitative estimate of drug-likeness (QED) is 0.884. The van der Waals surface area contributed by atoms with Gasteiger partial charge in [-0.1, -0.05) is 17.7 Å². The molecule has 0 fully saturated rings. The van der Waals surface area contributed by atoms with Crippen molar-refractivity contribution in [3.8, 4) is 11.8 Å². The first-order valence-corrected chi connectivity index (χ1v) is 6.32. The van der Waals surface area contributed by atoms with Crippen LogP contribution in [-0.2, 0) is 0 Å². The molecule has 1 aromatic rings. The third-order valence-corrected chi connectivity index (χ3v) is 3.06. The summed E-state index contributed by atoms with van der Waals surface area (Å²) in [6, 6.07) is 7.73. The molecule has 0 saturated heterocycles. The second-order valence-electron chi connectivity index (χ2n) is 5.07. The molecule has 3 nitrogen and oxygen atoms in total. The molecule has 0 aliphatic heterocycles. The van der Waals surface area contributed by atoms with E-state index in [2.05, 4.69) is 6.07 Å². The van der Waals surface area contributed by atoms with Crippen molar-refractivity contribution in [2.24, 2.45) is 11.1 Å². The average Bonchev–Trinajstić information content (AvgIpc) is 2.31. The molecule has 0 radical (unpaired) electrons. The number of ether oxygens (including phenoxy) is 1. The molecule has 0 aliphatic carbocycles. The highest BCUT2D eigenvalue weighted by atomic mass is 35.5. The lowest BCUT2D eigenvalue weighted by Gasteiger charge is -2.16. The van der Waals surface area contributed by atoms with E-state index in [0.29, 0.717) is 23.8 Å². The van der Waals surface area contributed by atoms with Gasteiger partial charge in [0.05, 0.1) is 23.1 Å². The Bertz CT molecular complexity index is 450. The van der Waals surface area contributed by atoms with Crippen LogP contribution in [0.2, 0.25) is 5.02 Å². The minimum Gasteiger partial charge on any atom is -0.492 e. The Labute approximate surface area is 114 Å². The lowest BCUT2D eigenvalue weighted by atomic mass is 9.92. The summed E-state index contributed by atoms with van der Waals surface area (Å²) in [5, 5.41) is 9.45. The second kappa shape index (κ2) is 6.08. The van der Waals surface area contributed by atoms with E-state index in [1.165, 1.54) is 0 Å². The SMILES string of the molecule is C[C@H](N)c1ccc(OCCC(C)(C)C#N)c(Cl)c1. The fourth-order valence-electron chi connectivity index (χ4n) is 1.39. The standard InChI is InChI=1S/C14H19ClN2O/c1-10(17)11-4-5-13(12(15)8-11)18-7-6-14(2,3)9-16/h4-5,8,10H,6-7,17H2,1-3H3/t10-/m0/s1. The fourth-order valence-corrected chi connectivity index (χ4v) is 1.63. The first-order chi connectivity index (χ1) is 8.35. The highest BCUT2D eigenvalue weighted by Crippen LogP contribution is 2.28. The zero-order chi connectivity index (χ0) is 13.8. The van der Waals surface area contributed by atoms with Crippen LogP contribution in [0.4, 0.5) is 0 Å². The minimum atomic E-state index is -0.377. The summed E-state index contributed by atoms with van der Waals surface area (Å²) in [6.07, 6.45) is 0.662.